The van der Waals surface area contributed by atoms with E-state index in [-0.39, 0.29) is 16.6 Å². The highest BCUT2D eigenvalue weighted by atomic mass is 35.5. The van der Waals surface area contributed by atoms with Gasteiger partial charge in [-0.3, -0.25) is 14.4 Å². The van der Waals surface area contributed by atoms with Crippen molar-refractivity contribution in [3.8, 4) is 0 Å². The lowest BCUT2D eigenvalue weighted by molar-refractivity contribution is -0.120. The Bertz CT molecular complexity index is 1310. The van der Waals surface area contributed by atoms with Crippen molar-refractivity contribution in [2.45, 2.75) is 6.92 Å². The van der Waals surface area contributed by atoms with Gasteiger partial charge in [-0.25, -0.2) is 4.90 Å². The molecule has 0 saturated carbocycles. The number of halogens is 2. The van der Waals surface area contributed by atoms with Crippen LogP contribution >= 0.6 is 23.2 Å². The third-order valence-corrected chi connectivity index (χ3v) is 5.87. The van der Waals surface area contributed by atoms with Crippen LogP contribution in [0.2, 0.25) is 5.02 Å². The first-order valence-corrected chi connectivity index (χ1v) is 10.8. The number of aryl methyl sites for hydroxylation is 1. The van der Waals surface area contributed by atoms with Gasteiger partial charge in [0.1, 0.15) is 10.7 Å². The molecule has 6 nitrogen and oxygen atoms in total. The molecule has 0 unspecified atom stereocenters. The Labute approximate surface area is 201 Å². The minimum absolute atomic E-state index is 0.0641. The van der Waals surface area contributed by atoms with Crippen molar-refractivity contribution in [2.24, 2.45) is 0 Å². The van der Waals surface area contributed by atoms with Crippen molar-refractivity contribution < 1.29 is 14.4 Å². The number of para-hydroxylation sites is 1. The first-order valence-electron chi connectivity index (χ1n) is 10.0. The number of nitrogens with zero attached hydrogens (tertiary/aromatic N) is 2. The molecule has 8 heteroatoms. The number of amides is 3. The normalized spacial score (nSPS) is 13.5. The molecule has 4 rings (SSSR count). The molecule has 0 atom stereocenters. The zero-order valence-electron chi connectivity index (χ0n) is 17.8. The van der Waals surface area contributed by atoms with Gasteiger partial charge in [-0.2, -0.15) is 0 Å². The maximum absolute atomic E-state index is 13.0. The van der Waals surface area contributed by atoms with Crippen LogP contribution in [0.5, 0.6) is 0 Å². The minimum Gasteiger partial charge on any atom is -0.349 e. The predicted molar refractivity (Wildman–Crippen MR) is 131 cm³/mol. The van der Waals surface area contributed by atoms with E-state index in [2.05, 4.69) is 5.32 Å². The second-order valence-corrected chi connectivity index (χ2v) is 8.28. The quantitative estimate of drug-likeness (QED) is 0.500. The standard InChI is InChI=1S/C25H19Cl2N3O3/c1-15-11-12-16(23(31)29(2)18-8-4-3-5-9-18)13-20(15)28-22-21(27)24(32)30(25(22)33)19-10-6-7-17(26)14-19/h3-14,28H,1-2H3. The van der Waals surface area contributed by atoms with E-state index < -0.39 is 11.8 Å². The lowest BCUT2D eigenvalue weighted by Crippen LogP contribution is -2.32. The number of imide groups is 1. The number of carbonyl (C=O) groups is 3. The van der Waals surface area contributed by atoms with E-state index in [0.717, 1.165) is 16.2 Å². The molecule has 1 aliphatic heterocycles. The maximum Gasteiger partial charge on any atom is 0.283 e. The number of anilines is 3. The van der Waals surface area contributed by atoms with Gasteiger partial charge in [-0.15, -0.1) is 0 Å². The molecule has 1 aliphatic rings. The molecule has 0 aromatic heterocycles. The molecule has 166 valence electrons. The van der Waals surface area contributed by atoms with Gasteiger partial charge in [-0.1, -0.05) is 53.5 Å². The number of hydrogen-bond acceptors (Lipinski definition) is 4. The Morgan fingerprint density at radius 1 is 0.909 bits per heavy atom. The summed E-state index contributed by atoms with van der Waals surface area (Å²) in [5.41, 5.74) is 2.67. The fourth-order valence-corrected chi connectivity index (χ4v) is 3.85. The molecule has 0 spiro atoms. The fraction of sp³-hybridized carbons (Fsp3) is 0.0800. The van der Waals surface area contributed by atoms with Crippen LogP contribution in [0.3, 0.4) is 0 Å². The molecule has 0 radical (unpaired) electrons. The van der Waals surface area contributed by atoms with E-state index in [9.17, 15) is 14.4 Å². The maximum atomic E-state index is 13.0. The topological polar surface area (TPSA) is 69.7 Å². The molecule has 0 bridgehead atoms. The third-order valence-electron chi connectivity index (χ3n) is 5.29. The van der Waals surface area contributed by atoms with Crippen LogP contribution < -0.4 is 15.1 Å². The van der Waals surface area contributed by atoms with E-state index in [4.69, 9.17) is 23.2 Å². The predicted octanol–water partition coefficient (Wildman–Crippen LogP) is 5.36. The van der Waals surface area contributed by atoms with Crippen molar-refractivity contribution in [3.05, 3.63) is 99.7 Å². The molecule has 3 aromatic carbocycles. The molecule has 0 fully saturated rings. The molecular formula is C25H19Cl2N3O3. The molecule has 1 heterocycles. The van der Waals surface area contributed by atoms with E-state index in [1.54, 1.807) is 43.4 Å². The molecule has 0 aliphatic carbocycles. The van der Waals surface area contributed by atoms with Gasteiger partial charge in [0, 0.05) is 29.0 Å². The summed E-state index contributed by atoms with van der Waals surface area (Å²) >= 11 is 12.3. The highest BCUT2D eigenvalue weighted by molar-refractivity contribution is 6.53. The van der Waals surface area contributed by atoms with Crippen LogP contribution in [0, 0.1) is 6.92 Å². The van der Waals surface area contributed by atoms with E-state index in [1.165, 1.54) is 11.0 Å². The van der Waals surface area contributed by atoms with Crippen molar-refractivity contribution >= 4 is 58.0 Å². The van der Waals surface area contributed by atoms with Crippen LogP contribution in [0.1, 0.15) is 15.9 Å². The monoisotopic (exact) mass is 479 g/mol. The van der Waals surface area contributed by atoms with E-state index in [0.29, 0.717) is 22.0 Å². The summed E-state index contributed by atoms with van der Waals surface area (Å²) < 4.78 is 0. The first kappa shape index (κ1) is 22.6. The van der Waals surface area contributed by atoms with Gasteiger partial charge >= 0.3 is 0 Å². The molecule has 33 heavy (non-hydrogen) atoms. The van der Waals surface area contributed by atoms with Crippen LogP contribution in [0.25, 0.3) is 0 Å². The highest BCUT2D eigenvalue weighted by Gasteiger charge is 2.39. The molecule has 3 aromatic rings. The average molecular weight is 480 g/mol. The Hall–Kier alpha value is -3.61. The lowest BCUT2D eigenvalue weighted by atomic mass is 10.1. The van der Waals surface area contributed by atoms with Crippen LogP contribution in [0.15, 0.2) is 83.5 Å². The van der Waals surface area contributed by atoms with Crippen molar-refractivity contribution in [2.75, 3.05) is 22.2 Å². The van der Waals surface area contributed by atoms with E-state index in [1.807, 2.05) is 37.3 Å². The Balaban J connectivity index is 1.62. The van der Waals surface area contributed by atoms with Gasteiger partial charge in [0.15, 0.2) is 0 Å². The van der Waals surface area contributed by atoms with Gasteiger partial charge in [0.05, 0.1) is 5.69 Å². The van der Waals surface area contributed by atoms with Gasteiger partial charge in [0.2, 0.25) is 0 Å². The lowest BCUT2D eigenvalue weighted by Gasteiger charge is -2.19. The van der Waals surface area contributed by atoms with Crippen molar-refractivity contribution in [1.82, 2.24) is 0 Å². The second-order valence-electron chi connectivity index (χ2n) is 7.47. The Morgan fingerprint density at radius 3 is 2.33 bits per heavy atom. The Kier molecular flexibility index (Phi) is 6.22. The SMILES string of the molecule is Cc1ccc(C(=O)N(C)c2ccccc2)cc1NC1=C(Cl)C(=O)N(c2cccc(Cl)c2)C1=O. The van der Waals surface area contributed by atoms with Crippen LogP contribution in [-0.2, 0) is 9.59 Å². The zero-order valence-corrected chi connectivity index (χ0v) is 19.3. The summed E-state index contributed by atoms with van der Waals surface area (Å²) in [5.74, 6) is -1.48. The Morgan fingerprint density at radius 2 is 1.64 bits per heavy atom. The number of benzene rings is 3. The smallest absolute Gasteiger partial charge is 0.283 e. The van der Waals surface area contributed by atoms with Crippen molar-refractivity contribution in [1.29, 1.82) is 0 Å². The molecule has 0 saturated heterocycles. The minimum atomic E-state index is -0.653. The summed E-state index contributed by atoms with van der Waals surface area (Å²) in [7, 11) is 1.69. The molecule has 1 N–H and O–H groups in total. The van der Waals surface area contributed by atoms with Gasteiger partial charge in [-0.05, 0) is 55.0 Å². The van der Waals surface area contributed by atoms with Gasteiger partial charge in [0.25, 0.3) is 17.7 Å². The summed E-state index contributed by atoms with van der Waals surface area (Å²) in [6.45, 7) is 1.82. The van der Waals surface area contributed by atoms with Crippen molar-refractivity contribution in [3.63, 3.8) is 0 Å². The number of hydrogen-bond donors (Lipinski definition) is 1. The largest absolute Gasteiger partial charge is 0.349 e. The zero-order chi connectivity index (χ0) is 23.7. The highest BCUT2D eigenvalue weighted by Crippen LogP contribution is 2.32. The summed E-state index contributed by atoms with van der Waals surface area (Å²) in [4.78, 5) is 41.3. The summed E-state index contributed by atoms with van der Waals surface area (Å²) in [6, 6.07) is 20.7. The molecular weight excluding hydrogens is 461 g/mol. The van der Waals surface area contributed by atoms with Crippen LogP contribution in [0.4, 0.5) is 17.1 Å². The second kappa shape index (κ2) is 9.10. The number of rotatable bonds is 5. The first-order chi connectivity index (χ1) is 15.8. The summed E-state index contributed by atoms with van der Waals surface area (Å²) in [5, 5.41) is 3.11. The van der Waals surface area contributed by atoms with E-state index >= 15 is 0 Å². The fourth-order valence-electron chi connectivity index (χ4n) is 3.45. The summed E-state index contributed by atoms with van der Waals surface area (Å²) in [6.07, 6.45) is 0. The number of carbonyl (C=O) groups excluding carboxylic acids is 3. The van der Waals surface area contributed by atoms with Gasteiger partial charge < -0.3 is 10.2 Å². The number of nitrogens with one attached hydrogen (secondary N) is 1. The van der Waals surface area contributed by atoms with Crippen LogP contribution in [-0.4, -0.2) is 24.8 Å². The average Bonchev–Trinajstić information content (AvgIpc) is 3.03. The third kappa shape index (κ3) is 4.35. The molecule has 3 amide bonds.